The summed E-state index contributed by atoms with van der Waals surface area (Å²) < 4.78 is 0. The van der Waals surface area contributed by atoms with E-state index in [0.717, 1.165) is 36.4 Å². The van der Waals surface area contributed by atoms with Crippen molar-refractivity contribution in [2.75, 3.05) is 18.4 Å². The van der Waals surface area contributed by atoms with Crippen molar-refractivity contribution in [2.24, 2.45) is 0 Å². The second kappa shape index (κ2) is 7.90. The zero-order valence-corrected chi connectivity index (χ0v) is 15.3. The Balaban J connectivity index is 1.51. The van der Waals surface area contributed by atoms with Crippen LogP contribution in [0.15, 0.2) is 17.5 Å². The van der Waals surface area contributed by atoms with E-state index in [4.69, 9.17) is 0 Å². The molecule has 2 aromatic heterocycles. The number of carbonyl (C=O) groups excluding carboxylic acids is 2. The third-order valence-electron chi connectivity index (χ3n) is 4.02. The molecule has 0 bridgehead atoms. The summed E-state index contributed by atoms with van der Waals surface area (Å²) in [5, 5.41) is 5.42. The SMILES string of the molecule is Cc1ccc(-c2csc(NC(=O)CCN3CCCCCC3=O)n2)s1. The number of hydrogen-bond acceptors (Lipinski definition) is 5. The first-order valence-electron chi connectivity index (χ1n) is 8.22. The van der Waals surface area contributed by atoms with Crippen LogP contribution in [-0.2, 0) is 9.59 Å². The molecule has 0 atom stereocenters. The fourth-order valence-corrected chi connectivity index (χ4v) is 4.34. The minimum absolute atomic E-state index is 0.0877. The molecule has 24 heavy (non-hydrogen) atoms. The van der Waals surface area contributed by atoms with Gasteiger partial charge in [0.2, 0.25) is 11.8 Å². The number of carbonyl (C=O) groups is 2. The minimum atomic E-state index is -0.0877. The molecule has 0 spiro atoms. The number of nitrogens with zero attached hydrogens (tertiary/aromatic N) is 2. The van der Waals surface area contributed by atoms with Crippen molar-refractivity contribution >= 4 is 39.6 Å². The van der Waals surface area contributed by atoms with E-state index < -0.39 is 0 Å². The molecule has 3 heterocycles. The maximum absolute atomic E-state index is 12.1. The standard InChI is InChI=1S/C17H21N3O2S2/c1-12-6-7-14(24-12)13-11-23-17(18-13)19-15(21)8-10-20-9-4-2-3-5-16(20)22/h6-7,11H,2-5,8-10H2,1H3,(H,18,19,21). The average Bonchev–Trinajstić information content (AvgIpc) is 3.13. The first-order chi connectivity index (χ1) is 11.6. The lowest BCUT2D eigenvalue weighted by Crippen LogP contribution is -2.33. The number of anilines is 1. The molecule has 1 saturated heterocycles. The Kier molecular flexibility index (Phi) is 5.63. The molecule has 0 aromatic carbocycles. The van der Waals surface area contributed by atoms with E-state index in [-0.39, 0.29) is 11.8 Å². The Labute approximate surface area is 149 Å². The molecule has 2 amide bonds. The lowest BCUT2D eigenvalue weighted by molar-refractivity contribution is -0.131. The summed E-state index contributed by atoms with van der Waals surface area (Å²) in [5.41, 5.74) is 0.899. The second-order valence-electron chi connectivity index (χ2n) is 5.94. The van der Waals surface area contributed by atoms with Crippen LogP contribution < -0.4 is 5.32 Å². The van der Waals surface area contributed by atoms with Crippen molar-refractivity contribution in [3.63, 3.8) is 0 Å². The molecule has 3 rings (SSSR count). The molecule has 1 aliphatic rings. The smallest absolute Gasteiger partial charge is 0.227 e. The molecule has 0 unspecified atom stereocenters. The van der Waals surface area contributed by atoms with E-state index in [1.807, 2.05) is 16.3 Å². The maximum Gasteiger partial charge on any atom is 0.227 e. The van der Waals surface area contributed by atoms with Gasteiger partial charge in [0, 0.05) is 36.2 Å². The van der Waals surface area contributed by atoms with Crippen LogP contribution in [0.4, 0.5) is 5.13 Å². The van der Waals surface area contributed by atoms with Crippen LogP contribution in [0, 0.1) is 6.92 Å². The number of rotatable bonds is 5. The number of thiazole rings is 1. The first kappa shape index (κ1) is 17.1. The molecule has 1 N–H and O–H groups in total. The summed E-state index contributed by atoms with van der Waals surface area (Å²) in [5.74, 6) is 0.0835. The molecular weight excluding hydrogens is 342 g/mol. The van der Waals surface area contributed by atoms with Crippen molar-refractivity contribution < 1.29 is 9.59 Å². The Morgan fingerprint density at radius 3 is 3.00 bits per heavy atom. The maximum atomic E-state index is 12.1. The van der Waals surface area contributed by atoms with Crippen molar-refractivity contribution in [1.29, 1.82) is 0 Å². The molecular formula is C17H21N3O2S2. The van der Waals surface area contributed by atoms with Gasteiger partial charge in [-0.05, 0) is 31.9 Å². The zero-order chi connectivity index (χ0) is 16.9. The van der Waals surface area contributed by atoms with E-state index in [9.17, 15) is 9.59 Å². The van der Waals surface area contributed by atoms with Crippen LogP contribution in [0.5, 0.6) is 0 Å². The van der Waals surface area contributed by atoms with Crippen LogP contribution in [0.1, 0.15) is 37.0 Å². The highest BCUT2D eigenvalue weighted by atomic mass is 32.1. The molecule has 5 nitrogen and oxygen atoms in total. The normalized spacial score (nSPS) is 15.4. The summed E-state index contributed by atoms with van der Waals surface area (Å²) in [4.78, 5) is 32.7. The van der Waals surface area contributed by atoms with Crippen LogP contribution in [0.2, 0.25) is 0 Å². The highest BCUT2D eigenvalue weighted by Crippen LogP contribution is 2.30. The fourth-order valence-electron chi connectivity index (χ4n) is 2.71. The Hall–Kier alpha value is -1.73. The summed E-state index contributed by atoms with van der Waals surface area (Å²) in [6.07, 6.45) is 4.02. The molecule has 7 heteroatoms. The van der Waals surface area contributed by atoms with Gasteiger partial charge in [-0.25, -0.2) is 4.98 Å². The van der Waals surface area contributed by atoms with Gasteiger partial charge >= 0.3 is 0 Å². The van der Waals surface area contributed by atoms with E-state index in [1.165, 1.54) is 16.2 Å². The van der Waals surface area contributed by atoms with Gasteiger partial charge < -0.3 is 10.2 Å². The molecule has 0 aliphatic carbocycles. The van der Waals surface area contributed by atoms with Crippen LogP contribution in [-0.4, -0.2) is 34.8 Å². The number of aryl methyl sites for hydroxylation is 1. The Morgan fingerprint density at radius 1 is 1.33 bits per heavy atom. The van der Waals surface area contributed by atoms with Crippen molar-refractivity contribution in [3.8, 4) is 10.6 Å². The second-order valence-corrected chi connectivity index (χ2v) is 8.08. The topological polar surface area (TPSA) is 62.3 Å². The van der Waals surface area contributed by atoms with Gasteiger partial charge in [-0.2, -0.15) is 0 Å². The quantitative estimate of drug-likeness (QED) is 0.876. The first-order valence-corrected chi connectivity index (χ1v) is 9.91. The van der Waals surface area contributed by atoms with Gasteiger partial charge in [0.15, 0.2) is 5.13 Å². The summed E-state index contributed by atoms with van der Waals surface area (Å²) >= 11 is 3.12. The number of likely N-dealkylation sites (tertiary alicyclic amines) is 1. The predicted molar refractivity (Wildman–Crippen MR) is 98.5 cm³/mol. The fraction of sp³-hybridized carbons (Fsp3) is 0.471. The van der Waals surface area contributed by atoms with E-state index in [0.29, 0.717) is 24.5 Å². The zero-order valence-electron chi connectivity index (χ0n) is 13.7. The van der Waals surface area contributed by atoms with Crippen molar-refractivity contribution in [2.45, 2.75) is 39.0 Å². The van der Waals surface area contributed by atoms with Gasteiger partial charge in [0.1, 0.15) is 0 Å². The lowest BCUT2D eigenvalue weighted by Gasteiger charge is -2.19. The Morgan fingerprint density at radius 2 is 2.21 bits per heavy atom. The largest absolute Gasteiger partial charge is 0.342 e. The van der Waals surface area contributed by atoms with E-state index in [2.05, 4.69) is 23.3 Å². The van der Waals surface area contributed by atoms with Crippen LogP contribution in [0.3, 0.4) is 0 Å². The van der Waals surface area contributed by atoms with Crippen LogP contribution >= 0.6 is 22.7 Å². The highest BCUT2D eigenvalue weighted by Gasteiger charge is 2.17. The lowest BCUT2D eigenvalue weighted by atomic mass is 10.2. The number of aromatic nitrogens is 1. The minimum Gasteiger partial charge on any atom is -0.342 e. The number of thiophene rings is 1. The monoisotopic (exact) mass is 363 g/mol. The predicted octanol–water partition coefficient (Wildman–Crippen LogP) is 3.91. The highest BCUT2D eigenvalue weighted by molar-refractivity contribution is 7.17. The average molecular weight is 364 g/mol. The van der Waals surface area contributed by atoms with Gasteiger partial charge in [-0.1, -0.05) is 6.42 Å². The summed E-state index contributed by atoms with van der Waals surface area (Å²) in [6, 6.07) is 4.11. The van der Waals surface area contributed by atoms with E-state index >= 15 is 0 Å². The van der Waals surface area contributed by atoms with Gasteiger partial charge in [0.05, 0.1) is 10.6 Å². The number of amides is 2. The molecule has 0 radical (unpaired) electrons. The molecule has 2 aromatic rings. The molecule has 128 valence electrons. The van der Waals surface area contributed by atoms with E-state index in [1.54, 1.807) is 11.3 Å². The molecule has 1 fully saturated rings. The number of hydrogen-bond donors (Lipinski definition) is 1. The van der Waals surface area contributed by atoms with Gasteiger partial charge in [-0.15, -0.1) is 22.7 Å². The van der Waals surface area contributed by atoms with Gasteiger partial charge in [-0.3, -0.25) is 9.59 Å². The van der Waals surface area contributed by atoms with Crippen molar-refractivity contribution in [3.05, 3.63) is 22.4 Å². The number of nitrogens with one attached hydrogen (secondary N) is 1. The third-order valence-corrected chi connectivity index (χ3v) is 5.80. The molecule has 0 saturated carbocycles. The summed E-state index contributed by atoms with van der Waals surface area (Å²) in [6.45, 7) is 3.33. The van der Waals surface area contributed by atoms with Crippen molar-refractivity contribution in [1.82, 2.24) is 9.88 Å². The third kappa shape index (κ3) is 4.42. The van der Waals surface area contributed by atoms with Crippen LogP contribution in [0.25, 0.3) is 10.6 Å². The summed E-state index contributed by atoms with van der Waals surface area (Å²) in [7, 11) is 0. The Bertz CT molecular complexity index is 723. The molecule has 1 aliphatic heterocycles. The van der Waals surface area contributed by atoms with Gasteiger partial charge in [0.25, 0.3) is 0 Å².